The van der Waals surface area contributed by atoms with Gasteiger partial charge < -0.3 is 0 Å². The van der Waals surface area contributed by atoms with Crippen LogP contribution in [0, 0.1) is 0 Å². The smallest absolute Gasteiger partial charge is 0.0361 e. The molecule has 0 unspecified atom stereocenters. The summed E-state index contributed by atoms with van der Waals surface area (Å²) in [6, 6.07) is 0. The zero-order chi connectivity index (χ0) is 7.11. The maximum absolute atomic E-state index is 4.01. The molecule has 0 amide bonds. The summed E-state index contributed by atoms with van der Waals surface area (Å²) in [6.45, 7) is 8.54. The Hall–Kier alpha value is -0.850. The third-order valence-corrected chi connectivity index (χ3v) is 0.820. The van der Waals surface area contributed by atoms with Crippen LogP contribution in [0.3, 0.4) is 0 Å². The van der Waals surface area contributed by atoms with Crippen LogP contribution in [-0.4, -0.2) is 12.8 Å². The van der Waals surface area contributed by atoms with E-state index in [2.05, 4.69) is 11.6 Å². The third kappa shape index (κ3) is 5.01. The Bertz CT molecular complexity index is 132. The number of rotatable bonds is 3. The van der Waals surface area contributed by atoms with E-state index in [1.54, 1.807) is 6.21 Å². The molecule has 0 rings (SSSR count). The highest BCUT2D eigenvalue weighted by atomic mass is 14.7. The zero-order valence-corrected chi connectivity index (χ0v) is 6.09. The molecule has 0 saturated carbocycles. The molecule has 0 aliphatic rings. The minimum atomic E-state index is 0.830. The van der Waals surface area contributed by atoms with Crippen LogP contribution in [0.2, 0.25) is 0 Å². The highest BCUT2D eigenvalue weighted by Gasteiger charge is 1.75. The van der Waals surface area contributed by atoms with Gasteiger partial charge in [-0.1, -0.05) is 18.7 Å². The van der Waals surface area contributed by atoms with Crippen LogP contribution in [-0.2, 0) is 0 Å². The summed E-state index contributed by atoms with van der Waals surface area (Å²) >= 11 is 0. The molecule has 0 saturated heterocycles. The summed E-state index contributed by atoms with van der Waals surface area (Å²) in [5.41, 5.74) is 0.958. The molecular weight excluding hydrogens is 110 g/mol. The first-order valence-electron chi connectivity index (χ1n) is 3.12. The minimum Gasteiger partial charge on any atom is -0.293 e. The Labute approximate surface area is 56.8 Å². The summed E-state index contributed by atoms with van der Waals surface area (Å²) in [4.78, 5) is 4.01. The van der Waals surface area contributed by atoms with Crippen molar-refractivity contribution in [2.45, 2.75) is 13.8 Å². The van der Waals surface area contributed by atoms with Crippen molar-refractivity contribution in [3.8, 4) is 0 Å². The van der Waals surface area contributed by atoms with Crippen molar-refractivity contribution in [2.24, 2.45) is 4.99 Å². The normalized spacial score (nSPS) is 11.3. The highest BCUT2D eigenvalue weighted by Crippen LogP contribution is 1.86. The Kier molecular flexibility index (Phi) is 4.79. The van der Waals surface area contributed by atoms with Crippen molar-refractivity contribution in [1.29, 1.82) is 0 Å². The quantitative estimate of drug-likeness (QED) is 0.403. The first-order valence-corrected chi connectivity index (χ1v) is 3.12. The summed E-state index contributed by atoms with van der Waals surface area (Å²) in [6.07, 6.45) is 5.66. The molecule has 0 aromatic heterocycles. The largest absolute Gasteiger partial charge is 0.293 e. The van der Waals surface area contributed by atoms with Gasteiger partial charge in [-0.25, -0.2) is 0 Å². The van der Waals surface area contributed by atoms with E-state index < -0.39 is 0 Å². The minimum absolute atomic E-state index is 0.830. The molecule has 0 aliphatic heterocycles. The van der Waals surface area contributed by atoms with Crippen LogP contribution in [0.5, 0.6) is 0 Å². The van der Waals surface area contributed by atoms with Crippen molar-refractivity contribution in [3.63, 3.8) is 0 Å². The predicted octanol–water partition coefficient (Wildman–Crippen LogP) is 2.21. The third-order valence-electron chi connectivity index (χ3n) is 0.820. The van der Waals surface area contributed by atoms with E-state index in [1.165, 1.54) is 0 Å². The molecule has 50 valence electrons. The van der Waals surface area contributed by atoms with E-state index in [-0.39, 0.29) is 0 Å². The zero-order valence-electron chi connectivity index (χ0n) is 6.09. The molecule has 0 heterocycles. The van der Waals surface area contributed by atoms with Gasteiger partial charge in [-0.3, -0.25) is 4.99 Å². The monoisotopic (exact) mass is 123 g/mol. The maximum Gasteiger partial charge on any atom is 0.0361 e. The van der Waals surface area contributed by atoms with Crippen molar-refractivity contribution in [1.82, 2.24) is 0 Å². The standard InChI is InChI=1S/C8H13N/c1-4-6-8(3)7-9-5-2/h4,6-7H,3,5H2,1-2H3/b6-4-,9-7-. The molecule has 0 fully saturated rings. The Morgan fingerprint density at radius 2 is 2.33 bits per heavy atom. The van der Waals surface area contributed by atoms with E-state index in [9.17, 15) is 0 Å². The Morgan fingerprint density at radius 3 is 2.78 bits per heavy atom. The Morgan fingerprint density at radius 1 is 1.67 bits per heavy atom. The van der Waals surface area contributed by atoms with E-state index in [0.717, 1.165) is 12.1 Å². The Balaban J connectivity index is 3.63. The predicted molar refractivity (Wildman–Crippen MR) is 43.0 cm³/mol. The van der Waals surface area contributed by atoms with E-state index >= 15 is 0 Å². The van der Waals surface area contributed by atoms with Gasteiger partial charge in [-0.15, -0.1) is 0 Å². The lowest BCUT2D eigenvalue weighted by Crippen LogP contribution is -1.76. The van der Waals surface area contributed by atoms with Crippen molar-refractivity contribution < 1.29 is 0 Å². The van der Waals surface area contributed by atoms with E-state index in [0.29, 0.717) is 0 Å². The van der Waals surface area contributed by atoms with Gasteiger partial charge in [0, 0.05) is 12.8 Å². The summed E-state index contributed by atoms with van der Waals surface area (Å²) in [5, 5.41) is 0. The molecular formula is C8H13N. The fourth-order valence-corrected chi connectivity index (χ4v) is 0.466. The molecule has 0 radical (unpaired) electrons. The van der Waals surface area contributed by atoms with Gasteiger partial charge in [-0.2, -0.15) is 0 Å². The number of aliphatic imine (C=N–C) groups is 1. The molecule has 0 bridgehead atoms. The number of nitrogens with zero attached hydrogens (tertiary/aromatic N) is 1. The molecule has 1 heteroatoms. The van der Waals surface area contributed by atoms with Crippen LogP contribution in [0.25, 0.3) is 0 Å². The van der Waals surface area contributed by atoms with Gasteiger partial charge in [0.2, 0.25) is 0 Å². The second-order valence-corrected chi connectivity index (χ2v) is 1.70. The molecule has 0 spiro atoms. The fourth-order valence-electron chi connectivity index (χ4n) is 0.466. The van der Waals surface area contributed by atoms with E-state index in [1.807, 2.05) is 26.0 Å². The fraction of sp³-hybridized carbons (Fsp3) is 0.375. The van der Waals surface area contributed by atoms with Crippen LogP contribution in [0.4, 0.5) is 0 Å². The van der Waals surface area contributed by atoms with Gasteiger partial charge >= 0.3 is 0 Å². The van der Waals surface area contributed by atoms with Crippen LogP contribution < -0.4 is 0 Å². The summed E-state index contributed by atoms with van der Waals surface area (Å²) < 4.78 is 0. The summed E-state index contributed by atoms with van der Waals surface area (Å²) in [7, 11) is 0. The average molecular weight is 123 g/mol. The number of hydrogen-bond acceptors (Lipinski definition) is 1. The van der Waals surface area contributed by atoms with Gasteiger partial charge in [0.25, 0.3) is 0 Å². The molecule has 0 atom stereocenters. The van der Waals surface area contributed by atoms with Crippen LogP contribution in [0.15, 0.2) is 29.3 Å². The highest BCUT2D eigenvalue weighted by molar-refractivity contribution is 5.81. The molecule has 0 aliphatic carbocycles. The van der Waals surface area contributed by atoms with Gasteiger partial charge in [-0.05, 0) is 19.4 Å². The second-order valence-electron chi connectivity index (χ2n) is 1.70. The van der Waals surface area contributed by atoms with Crippen LogP contribution in [0.1, 0.15) is 13.8 Å². The van der Waals surface area contributed by atoms with E-state index in [4.69, 9.17) is 0 Å². The van der Waals surface area contributed by atoms with Crippen molar-refractivity contribution in [2.75, 3.05) is 6.54 Å². The number of allylic oxidation sites excluding steroid dienone is 3. The SMILES string of the molecule is C=C(/C=C\C)/C=N\CC. The molecule has 1 nitrogen and oxygen atoms in total. The molecule has 0 N–H and O–H groups in total. The number of hydrogen-bond donors (Lipinski definition) is 0. The second kappa shape index (κ2) is 5.29. The molecule has 0 aromatic carbocycles. The van der Waals surface area contributed by atoms with Gasteiger partial charge in [0.05, 0.1) is 0 Å². The van der Waals surface area contributed by atoms with Gasteiger partial charge in [0.15, 0.2) is 0 Å². The lowest BCUT2D eigenvalue weighted by molar-refractivity contribution is 1.14. The first kappa shape index (κ1) is 8.15. The summed E-state index contributed by atoms with van der Waals surface area (Å²) in [5.74, 6) is 0. The maximum atomic E-state index is 4.01. The van der Waals surface area contributed by atoms with Gasteiger partial charge in [0.1, 0.15) is 0 Å². The van der Waals surface area contributed by atoms with Crippen molar-refractivity contribution in [3.05, 3.63) is 24.3 Å². The molecule has 9 heavy (non-hydrogen) atoms. The van der Waals surface area contributed by atoms with Crippen LogP contribution >= 0.6 is 0 Å². The van der Waals surface area contributed by atoms with Crippen molar-refractivity contribution >= 4 is 6.21 Å². The lowest BCUT2D eigenvalue weighted by Gasteiger charge is -1.84. The first-order chi connectivity index (χ1) is 4.31. The topological polar surface area (TPSA) is 12.4 Å². The molecule has 0 aromatic rings. The lowest BCUT2D eigenvalue weighted by atomic mass is 10.3. The average Bonchev–Trinajstić information content (AvgIpc) is 1.85.